The molecule has 4 rings (SSSR count). The van der Waals surface area contributed by atoms with Crippen LogP contribution in [-0.2, 0) is 12.3 Å². The second kappa shape index (κ2) is 8.82. The van der Waals surface area contributed by atoms with Crippen LogP contribution in [-0.4, -0.2) is 36.8 Å². The van der Waals surface area contributed by atoms with Gasteiger partial charge in [-0.25, -0.2) is 0 Å². The minimum Gasteiger partial charge on any atom is -0.495 e. The van der Waals surface area contributed by atoms with Gasteiger partial charge >= 0.3 is 0 Å². The highest BCUT2D eigenvalue weighted by Gasteiger charge is 2.16. The van der Waals surface area contributed by atoms with Gasteiger partial charge in [0.15, 0.2) is 16.7 Å². The Hall–Kier alpha value is -3.60. The first-order valence-corrected chi connectivity index (χ1v) is 10.2. The van der Waals surface area contributed by atoms with Crippen molar-refractivity contribution in [2.24, 2.45) is 0 Å². The first kappa shape index (κ1) is 19.7. The van der Waals surface area contributed by atoms with Crippen molar-refractivity contribution in [3.8, 4) is 17.3 Å². The van der Waals surface area contributed by atoms with Gasteiger partial charge in [0.2, 0.25) is 11.9 Å². The molecule has 0 amide bonds. The van der Waals surface area contributed by atoms with E-state index in [0.29, 0.717) is 41.4 Å². The Morgan fingerprint density at radius 3 is 2.77 bits per heavy atom. The van der Waals surface area contributed by atoms with E-state index in [0.717, 1.165) is 10.8 Å². The van der Waals surface area contributed by atoms with E-state index in [1.165, 1.54) is 11.8 Å². The van der Waals surface area contributed by atoms with Crippen molar-refractivity contribution in [1.82, 2.24) is 29.7 Å². The van der Waals surface area contributed by atoms with E-state index in [2.05, 4.69) is 30.5 Å². The molecule has 0 spiro atoms. The molecule has 0 unspecified atom stereocenters. The molecule has 0 aliphatic heterocycles. The van der Waals surface area contributed by atoms with Gasteiger partial charge in [-0.3, -0.25) is 4.57 Å². The third-order valence-corrected chi connectivity index (χ3v) is 5.12. The molecule has 3 aromatic heterocycles. The van der Waals surface area contributed by atoms with E-state index in [1.54, 1.807) is 13.4 Å². The molecular weight excluding hydrogens is 404 g/mol. The van der Waals surface area contributed by atoms with Crippen LogP contribution in [0.15, 0.2) is 52.2 Å². The van der Waals surface area contributed by atoms with Gasteiger partial charge in [-0.1, -0.05) is 23.9 Å². The molecule has 30 heavy (non-hydrogen) atoms. The van der Waals surface area contributed by atoms with Crippen molar-refractivity contribution >= 4 is 29.3 Å². The molecule has 0 saturated carbocycles. The zero-order chi connectivity index (χ0) is 20.9. The maximum absolute atomic E-state index is 5.89. The van der Waals surface area contributed by atoms with E-state index >= 15 is 0 Å². The van der Waals surface area contributed by atoms with Crippen LogP contribution >= 0.6 is 11.8 Å². The van der Waals surface area contributed by atoms with Crippen LogP contribution in [0, 0.1) is 0 Å². The van der Waals surface area contributed by atoms with Crippen LogP contribution in [0.3, 0.4) is 0 Å². The van der Waals surface area contributed by atoms with Crippen molar-refractivity contribution in [1.29, 1.82) is 0 Å². The smallest absolute Gasteiger partial charge is 0.232 e. The summed E-state index contributed by atoms with van der Waals surface area (Å²) in [5.74, 6) is 3.47. The quantitative estimate of drug-likeness (QED) is 0.406. The number of para-hydroxylation sites is 2. The Balaban J connectivity index is 1.52. The number of nitrogens with one attached hydrogen (secondary N) is 1. The highest BCUT2D eigenvalue weighted by atomic mass is 32.2. The summed E-state index contributed by atoms with van der Waals surface area (Å²) < 4.78 is 12.8. The summed E-state index contributed by atoms with van der Waals surface area (Å²) in [6, 6.07) is 11.2. The number of hydrogen-bond donors (Lipinski definition) is 2. The number of nitrogens with two attached hydrogens (primary N) is 1. The summed E-state index contributed by atoms with van der Waals surface area (Å²) in [5, 5.41) is 12.4. The lowest BCUT2D eigenvalue weighted by atomic mass is 10.3. The molecule has 1 aromatic carbocycles. The van der Waals surface area contributed by atoms with E-state index < -0.39 is 0 Å². The summed E-state index contributed by atoms with van der Waals surface area (Å²) >= 11 is 1.46. The lowest BCUT2D eigenvalue weighted by Gasteiger charge is -2.10. The topological polar surface area (TPSA) is 130 Å². The first-order valence-electron chi connectivity index (χ1n) is 9.18. The SMILES string of the molecule is CCn1c(SCc2nc(N)nc(Nc3ccccc3OC)n2)nnc1-c1ccco1. The number of hydrogen-bond acceptors (Lipinski definition) is 10. The molecule has 0 fully saturated rings. The van der Waals surface area contributed by atoms with Gasteiger partial charge in [0, 0.05) is 6.54 Å². The molecule has 3 N–H and O–H groups in total. The molecule has 10 nitrogen and oxygen atoms in total. The predicted octanol–water partition coefficient (Wildman–Crippen LogP) is 3.37. The zero-order valence-corrected chi connectivity index (χ0v) is 17.3. The van der Waals surface area contributed by atoms with Gasteiger partial charge < -0.3 is 20.2 Å². The number of anilines is 3. The van der Waals surface area contributed by atoms with Gasteiger partial charge in [0.05, 0.1) is 24.8 Å². The van der Waals surface area contributed by atoms with Crippen LogP contribution in [0.5, 0.6) is 5.75 Å². The number of thioether (sulfide) groups is 1. The largest absolute Gasteiger partial charge is 0.495 e. The average molecular weight is 424 g/mol. The maximum atomic E-state index is 5.89. The number of methoxy groups -OCH3 is 1. The molecule has 0 atom stereocenters. The average Bonchev–Trinajstić information content (AvgIpc) is 3.41. The standard InChI is InChI=1S/C19H20N8O2S/c1-3-27-16(14-9-6-10-29-14)25-26-19(27)30-11-15-22-17(20)24-18(23-15)21-12-7-4-5-8-13(12)28-2/h4-10H,3,11H2,1-2H3,(H3,20,21,22,23,24). The number of nitrogen functional groups attached to an aromatic ring is 1. The molecule has 0 aliphatic carbocycles. The zero-order valence-electron chi connectivity index (χ0n) is 16.4. The van der Waals surface area contributed by atoms with Crippen molar-refractivity contribution in [3.63, 3.8) is 0 Å². The van der Waals surface area contributed by atoms with Crippen molar-refractivity contribution in [2.75, 3.05) is 18.2 Å². The number of aromatic nitrogens is 6. The van der Waals surface area contributed by atoms with Gasteiger partial charge in [0.25, 0.3) is 0 Å². The molecule has 4 aromatic rings. The fraction of sp³-hybridized carbons (Fsp3) is 0.211. The lowest BCUT2D eigenvalue weighted by molar-refractivity contribution is 0.417. The van der Waals surface area contributed by atoms with E-state index in [4.69, 9.17) is 14.9 Å². The summed E-state index contributed by atoms with van der Waals surface area (Å²) in [5.41, 5.74) is 6.62. The summed E-state index contributed by atoms with van der Waals surface area (Å²) in [6.07, 6.45) is 1.61. The fourth-order valence-corrected chi connectivity index (χ4v) is 3.68. The highest BCUT2D eigenvalue weighted by Crippen LogP contribution is 2.28. The minimum atomic E-state index is 0.131. The number of benzene rings is 1. The molecular formula is C19H20N8O2S. The van der Waals surface area contributed by atoms with Gasteiger partial charge in [0.1, 0.15) is 11.6 Å². The molecule has 0 saturated heterocycles. The number of nitrogens with zero attached hydrogens (tertiary/aromatic N) is 6. The number of rotatable bonds is 8. The van der Waals surface area contributed by atoms with Crippen molar-refractivity contribution in [3.05, 3.63) is 48.5 Å². The lowest BCUT2D eigenvalue weighted by Crippen LogP contribution is -2.07. The van der Waals surface area contributed by atoms with E-state index in [-0.39, 0.29) is 5.95 Å². The van der Waals surface area contributed by atoms with Crippen LogP contribution in [0.1, 0.15) is 12.7 Å². The van der Waals surface area contributed by atoms with Crippen molar-refractivity contribution < 1.29 is 9.15 Å². The van der Waals surface area contributed by atoms with Crippen LogP contribution in [0.2, 0.25) is 0 Å². The molecule has 0 radical (unpaired) electrons. The van der Waals surface area contributed by atoms with Crippen LogP contribution in [0.4, 0.5) is 17.6 Å². The predicted molar refractivity (Wildman–Crippen MR) is 113 cm³/mol. The molecule has 3 heterocycles. The molecule has 154 valence electrons. The van der Waals surface area contributed by atoms with Gasteiger partial charge in [-0.05, 0) is 31.2 Å². The molecule has 11 heteroatoms. The van der Waals surface area contributed by atoms with E-state index in [1.807, 2.05) is 47.9 Å². The Morgan fingerprint density at radius 1 is 1.13 bits per heavy atom. The Labute approximate surface area is 176 Å². The summed E-state index contributed by atoms with van der Waals surface area (Å²) in [7, 11) is 1.60. The summed E-state index contributed by atoms with van der Waals surface area (Å²) in [6.45, 7) is 2.72. The third kappa shape index (κ3) is 4.20. The normalized spacial score (nSPS) is 10.9. The summed E-state index contributed by atoms with van der Waals surface area (Å²) in [4.78, 5) is 12.9. The minimum absolute atomic E-state index is 0.131. The molecule has 0 aliphatic rings. The second-order valence-electron chi connectivity index (χ2n) is 6.08. The van der Waals surface area contributed by atoms with Crippen molar-refractivity contribution in [2.45, 2.75) is 24.4 Å². The Bertz CT molecular complexity index is 1130. The highest BCUT2D eigenvalue weighted by molar-refractivity contribution is 7.98. The first-order chi connectivity index (χ1) is 14.7. The fourth-order valence-electron chi connectivity index (χ4n) is 2.82. The number of ether oxygens (including phenoxy) is 1. The van der Waals surface area contributed by atoms with Crippen LogP contribution in [0.25, 0.3) is 11.6 Å². The Morgan fingerprint density at radius 2 is 2.00 bits per heavy atom. The third-order valence-electron chi connectivity index (χ3n) is 4.16. The van der Waals surface area contributed by atoms with E-state index in [9.17, 15) is 0 Å². The Kier molecular flexibility index (Phi) is 5.80. The maximum Gasteiger partial charge on any atom is 0.232 e. The van der Waals surface area contributed by atoms with Gasteiger partial charge in [-0.15, -0.1) is 10.2 Å². The number of furan rings is 1. The molecule has 0 bridgehead atoms. The van der Waals surface area contributed by atoms with Gasteiger partial charge in [-0.2, -0.15) is 15.0 Å². The second-order valence-corrected chi connectivity index (χ2v) is 7.02. The van der Waals surface area contributed by atoms with Crippen LogP contribution < -0.4 is 15.8 Å². The monoisotopic (exact) mass is 424 g/mol.